The standard InChI is InChI=1S/C15H14O4/c1-6-5-10-12-9(15(17)18-10)4-3-8-7(2)14(16)19-13(8)11(6)12/h5,8,10-11,13H,2-4H2,1H3/t8-,10+,11-,13-/m0/s1. The number of esters is 2. The second-order valence-corrected chi connectivity index (χ2v) is 5.69. The van der Waals surface area contributed by atoms with Gasteiger partial charge in [-0.1, -0.05) is 12.2 Å². The summed E-state index contributed by atoms with van der Waals surface area (Å²) in [6.07, 6.45) is 2.92. The fourth-order valence-electron chi connectivity index (χ4n) is 3.87. The number of carbonyl (C=O) groups is 2. The molecule has 1 fully saturated rings. The Labute approximate surface area is 110 Å². The van der Waals surface area contributed by atoms with Gasteiger partial charge in [-0.25, -0.2) is 9.59 Å². The summed E-state index contributed by atoms with van der Waals surface area (Å²) in [7, 11) is 0. The van der Waals surface area contributed by atoms with Crippen LogP contribution in [-0.2, 0) is 19.1 Å². The van der Waals surface area contributed by atoms with E-state index in [0.29, 0.717) is 12.0 Å². The van der Waals surface area contributed by atoms with E-state index < -0.39 is 0 Å². The molecule has 0 N–H and O–H groups in total. The van der Waals surface area contributed by atoms with Crippen LogP contribution < -0.4 is 0 Å². The van der Waals surface area contributed by atoms with Gasteiger partial charge in [0.05, 0.1) is 0 Å². The fraction of sp³-hybridized carbons (Fsp3) is 0.467. The summed E-state index contributed by atoms with van der Waals surface area (Å²) in [6.45, 7) is 5.87. The summed E-state index contributed by atoms with van der Waals surface area (Å²) in [5, 5.41) is 0. The van der Waals surface area contributed by atoms with Crippen LogP contribution in [0.3, 0.4) is 0 Å². The maximum atomic E-state index is 11.9. The lowest BCUT2D eigenvalue weighted by molar-refractivity contribution is -0.141. The third kappa shape index (κ3) is 1.24. The highest BCUT2D eigenvalue weighted by atomic mass is 16.6. The molecule has 1 saturated heterocycles. The van der Waals surface area contributed by atoms with E-state index in [0.717, 1.165) is 23.1 Å². The highest BCUT2D eigenvalue weighted by molar-refractivity contribution is 5.95. The van der Waals surface area contributed by atoms with Crippen LogP contribution in [0.4, 0.5) is 0 Å². The molecule has 0 unspecified atom stereocenters. The third-order valence-electron chi connectivity index (χ3n) is 4.76. The maximum absolute atomic E-state index is 11.9. The van der Waals surface area contributed by atoms with E-state index in [9.17, 15) is 9.59 Å². The van der Waals surface area contributed by atoms with E-state index >= 15 is 0 Å². The lowest BCUT2D eigenvalue weighted by Gasteiger charge is -2.23. The van der Waals surface area contributed by atoms with Crippen molar-refractivity contribution in [2.45, 2.75) is 32.0 Å². The molecule has 4 rings (SSSR count). The molecule has 2 aliphatic heterocycles. The number of fused-ring (bicyclic) bond motifs is 2. The van der Waals surface area contributed by atoms with Crippen molar-refractivity contribution in [1.82, 2.24) is 0 Å². The van der Waals surface area contributed by atoms with Gasteiger partial charge in [0.25, 0.3) is 0 Å². The van der Waals surface area contributed by atoms with Gasteiger partial charge in [-0.05, 0) is 31.4 Å². The molecular weight excluding hydrogens is 244 g/mol. The summed E-state index contributed by atoms with van der Waals surface area (Å²) in [5.74, 6) is -0.466. The largest absolute Gasteiger partial charge is 0.457 e. The fourth-order valence-corrected chi connectivity index (χ4v) is 3.87. The Balaban J connectivity index is 1.85. The van der Waals surface area contributed by atoms with Crippen molar-refractivity contribution in [2.75, 3.05) is 0 Å². The van der Waals surface area contributed by atoms with Crippen LogP contribution in [0.25, 0.3) is 0 Å². The lowest BCUT2D eigenvalue weighted by atomic mass is 9.83. The van der Waals surface area contributed by atoms with E-state index in [1.165, 1.54) is 0 Å². The van der Waals surface area contributed by atoms with E-state index in [-0.39, 0.29) is 36.0 Å². The first kappa shape index (κ1) is 11.0. The molecule has 0 bridgehead atoms. The van der Waals surface area contributed by atoms with Crippen LogP contribution in [0.15, 0.2) is 34.9 Å². The highest BCUT2D eigenvalue weighted by Crippen LogP contribution is 2.51. The number of carbonyl (C=O) groups excluding carboxylic acids is 2. The molecule has 0 spiro atoms. The van der Waals surface area contributed by atoms with Crippen molar-refractivity contribution in [2.24, 2.45) is 11.8 Å². The molecular formula is C15H14O4. The van der Waals surface area contributed by atoms with E-state index in [1.54, 1.807) is 0 Å². The Morgan fingerprint density at radius 1 is 1.26 bits per heavy atom. The molecule has 0 saturated carbocycles. The van der Waals surface area contributed by atoms with Gasteiger partial charge in [0.2, 0.25) is 0 Å². The van der Waals surface area contributed by atoms with Gasteiger partial charge in [0.1, 0.15) is 12.2 Å². The molecule has 4 nitrogen and oxygen atoms in total. The molecule has 19 heavy (non-hydrogen) atoms. The number of ether oxygens (including phenoxy) is 2. The molecule has 2 heterocycles. The van der Waals surface area contributed by atoms with Crippen LogP contribution >= 0.6 is 0 Å². The Morgan fingerprint density at radius 3 is 2.84 bits per heavy atom. The summed E-state index contributed by atoms with van der Waals surface area (Å²) in [6, 6.07) is 0. The topological polar surface area (TPSA) is 52.6 Å². The van der Waals surface area contributed by atoms with E-state index in [1.807, 2.05) is 13.0 Å². The molecule has 0 radical (unpaired) electrons. The molecule has 98 valence electrons. The normalized spacial score (nSPS) is 39.6. The minimum Gasteiger partial charge on any atom is -0.457 e. The van der Waals surface area contributed by atoms with Gasteiger partial charge < -0.3 is 9.47 Å². The Morgan fingerprint density at radius 2 is 2.05 bits per heavy atom. The smallest absolute Gasteiger partial charge is 0.335 e. The lowest BCUT2D eigenvalue weighted by Crippen LogP contribution is -2.27. The molecule has 4 atom stereocenters. The summed E-state index contributed by atoms with van der Waals surface area (Å²) in [5.41, 5.74) is 3.50. The molecule has 4 aliphatic rings. The van der Waals surface area contributed by atoms with Crippen molar-refractivity contribution in [3.8, 4) is 0 Å². The molecule has 2 aliphatic carbocycles. The summed E-state index contributed by atoms with van der Waals surface area (Å²) < 4.78 is 10.9. The molecule has 0 aromatic carbocycles. The highest BCUT2D eigenvalue weighted by Gasteiger charge is 2.53. The van der Waals surface area contributed by atoms with Crippen molar-refractivity contribution in [1.29, 1.82) is 0 Å². The van der Waals surface area contributed by atoms with Gasteiger partial charge in [0.15, 0.2) is 0 Å². The summed E-state index contributed by atoms with van der Waals surface area (Å²) >= 11 is 0. The first-order chi connectivity index (χ1) is 9.08. The zero-order valence-electron chi connectivity index (χ0n) is 10.6. The quantitative estimate of drug-likeness (QED) is 0.377. The van der Waals surface area contributed by atoms with Gasteiger partial charge in [-0.15, -0.1) is 0 Å². The van der Waals surface area contributed by atoms with Crippen LogP contribution in [0.1, 0.15) is 19.8 Å². The third-order valence-corrected chi connectivity index (χ3v) is 4.76. The monoisotopic (exact) mass is 258 g/mol. The van der Waals surface area contributed by atoms with Crippen LogP contribution in [0.2, 0.25) is 0 Å². The predicted octanol–water partition coefficient (Wildman–Crippen LogP) is 1.68. The van der Waals surface area contributed by atoms with E-state index in [4.69, 9.17) is 9.47 Å². The Kier molecular flexibility index (Phi) is 1.96. The molecule has 4 heteroatoms. The summed E-state index contributed by atoms with van der Waals surface area (Å²) in [4.78, 5) is 23.6. The molecule has 0 aromatic rings. The van der Waals surface area contributed by atoms with Crippen LogP contribution in [0.5, 0.6) is 0 Å². The Hall–Kier alpha value is -1.84. The van der Waals surface area contributed by atoms with Gasteiger partial charge in [0, 0.05) is 23.0 Å². The second kappa shape index (κ2) is 3.38. The van der Waals surface area contributed by atoms with Crippen molar-refractivity contribution in [3.63, 3.8) is 0 Å². The first-order valence-corrected chi connectivity index (χ1v) is 6.60. The van der Waals surface area contributed by atoms with Gasteiger partial charge in [-0.3, -0.25) is 0 Å². The zero-order chi connectivity index (χ0) is 13.3. The first-order valence-electron chi connectivity index (χ1n) is 6.60. The average Bonchev–Trinajstić information content (AvgIpc) is 2.86. The maximum Gasteiger partial charge on any atom is 0.335 e. The van der Waals surface area contributed by atoms with Crippen molar-refractivity contribution < 1.29 is 19.1 Å². The second-order valence-electron chi connectivity index (χ2n) is 5.69. The molecule has 0 amide bonds. The predicted molar refractivity (Wildman–Crippen MR) is 65.9 cm³/mol. The van der Waals surface area contributed by atoms with Gasteiger partial charge in [-0.2, -0.15) is 0 Å². The van der Waals surface area contributed by atoms with Crippen LogP contribution in [0, 0.1) is 11.8 Å². The van der Waals surface area contributed by atoms with E-state index in [2.05, 4.69) is 6.58 Å². The zero-order valence-corrected chi connectivity index (χ0v) is 10.6. The van der Waals surface area contributed by atoms with Crippen molar-refractivity contribution in [3.05, 3.63) is 34.9 Å². The van der Waals surface area contributed by atoms with Crippen LogP contribution in [-0.4, -0.2) is 24.1 Å². The minimum absolute atomic E-state index is 0.00199. The minimum atomic E-state index is -0.291. The van der Waals surface area contributed by atoms with Crippen molar-refractivity contribution >= 4 is 11.9 Å². The average molecular weight is 258 g/mol. The molecule has 0 aromatic heterocycles. The number of rotatable bonds is 0. The number of hydrogen-bond acceptors (Lipinski definition) is 4. The SMILES string of the molecule is C=C1C(=O)O[C@@H]2[C@H]3C(C)=C[C@H]4OC(=O)C(=C34)CC[C@@H]12. The number of hydrogen-bond donors (Lipinski definition) is 0. The van der Waals surface area contributed by atoms with Gasteiger partial charge >= 0.3 is 11.9 Å². The Bertz CT molecular complexity index is 595.